The summed E-state index contributed by atoms with van der Waals surface area (Å²) in [6.07, 6.45) is -11.2. The molecule has 1 aliphatic heterocycles. The molecule has 2 N–H and O–H groups in total. The Morgan fingerprint density at radius 1 is 0.745 bits per heavy atom. The average molecular weight is 767 g/mol. The summed E-state index contributed by atoms with van der Waals surface area (Å²) in [6.45, 7) is 2.18. The van der Waals surface area contributed by atoms with E-state index in [4.69, 9.17) is 42.6 Å². The number of aromatic amines is 1. The van der Waals surface area contributed by atoms with Gasteiger partial charge in [-0.1, -0.05) is 36.4 Å². The van der Waals surface area contributed by atoms with Gasteiger partial charge in [0, 0.05) is 37.1 Å². The van der Waals surface area contributed by atoms with E-state index in [1.54, 1.807) is 36.4 Å². The summed E-state index contributed by atoms with van der Waals surface area (Å²) in [4.78, 5) is 67.8. The highest BCUT2D eigenvalue weighted by atomic mass is 16.8. The fourth-order valence-corrected chi connectivity index (χ4v) is 6.09. The van der Waals surface area contributed by atoms with E-state index in [0.717, 1.165) is 54.6 Å². The first-order valence-corrected chi connectivity index (χ1v) is 17.2. The number of methoxy groups -OCH3 is 2. The van der Waals surface area contributed by atoms with E-state index in [1.165, 1.54) is 7.11 Å². The lowest BCUT2D eigenvalue weighted by Gasteiger charge is -2.43. The van der Waals surface area contributed by atoms with Crippen LogP contribution in [0.25, 0.3) is 21.8 Å². The molecule has 0 bridgehead atoms. The van der Waals surface area contributed by atoms with Gasteiger partial charge in [0.25, 0.3) is 0 Å². The van der Waals surface area contributed by atoms with Crippen LogP contribution in [0.2, 0.25) is 0 Å². The van der Waals surface area contributed by atoms with Crippen LogP contribution in [0.3, 0.4) is 0 Å². The lowest BCUT2D eigenvalue weighted by molar-refractivity contribution is -0.289. The molecule has 6 atom stereocenters. The van der Waals surface area contributed by atoms with Gasteiger partial charge in [-0.3, -0.25) is 14.4 Å². The standard InChI is InChI=1S/C38H42N2O15/c1-21(41)51-32-33(52-22(2)42)35(53-23(3)43)37(54-34(32)36(45)48-5)55-38(46)40(17-18-49-29-15-9-8-14-28(29)47-4)19-24(44)20-50-30-16-10-13-27-31(30)25-11-6-7-12-26(25)39-27/h6-16,24,32-35,37,39,44H,17-20H2,1-5H3/t24?,32-,33-,34-,35+,37-/m0/s1. The molecule has 1 unspecified atom stereocenters. The number of benzene rings is 3. The van der Waals surface area contributed by atoms with Crippen molar-refractivity contribution >= 4 is 51.8 Å². The van der Waals surface area contributed by atoms with Crippen molar-refractivity contribution in [2.45, 2.75) is 57.6 Å². The minimum atomic E-state index is -1.91. The van der Waals surface area contributed by atoms with Gasteiger partial charge < -0.3 is 57.6 Å². The number of hydrogen-bond acceptors (Lipinski definition) is 15. The van der Waals surface area contributed by atoms with Crippen LogP contribution in [0.15, 0.2) is 66.7 Å². The van der Waals surface area contributed by atoms with E-state index >= 15 is 0 Å². The molecule has 0 aliphatic carbocycles. The number of carbonyl (C=O) groups is 5. The third kappa shape index (κ3) is 9.93. The van der Waals surface area contributed by atoms with E-state index in [-0.39, 0.29) is 26.3 Å². The zero-order chi connectivity index (χ0) is 39.6. The second-order valence-electron chi connectivity index (χ2n) is 12.3. The van der Waals surface area contributed by atoms with Gasteiger partial charge in [0.2, 0.25) is 12.4 Å². The number of H-pyrrole nitrogens is 1. The lowest BCUT2D eigenvalue weighted by atomic mass is 9.97. The summed E-state index contributed by atoms with van der Waals surface area (Å²) in [7, 11) is 2.50. The van der Waals surface area contributed by atoms with Gasteiger partial charge in [0.15, 0.2) is 29.8 Å². The van der Waals surface area contributed by atoms with Gasteiger partial charge in [-0.2, -0.15) is 0 Å². The first-order valence-electron chi connectivity index (χ1n) is 17.2. The van der Waals surface area contributed by atoms with Crippen LogP contribution in [0.5, 0.6) is 17.2 Å². The number of nitrogens with one attached hydrogen (secondary N) is 1. The Hall–Kier alpha value is -6.07. The number of amides is 1. The number of aliphatic hydroxyl groups is 1. The number of fused-ring (bicyclic) bond motifs is 3. The normalized spacial score (nSPS) is 19.8. The number of ether oxygens (including phenoxy) is 9. The third-order valence-corrected chi connectivity index (χ3v) is 8.35. The van der Waals surface area contributed by atoms with Crippen molar-refractivity contribution in [1.82, 2.24) is 9.88 Å². The molecular weight excluding hydrogens is 724 g/mol. The first kappa shape index (κ1) is 40.1. The van der Waals surface area contributed by atoms with Gasteiger partial charge in [-0.25, -0.2) is 9.59 Å². The van der Waals surface area contributed by atoms with Crippen molar-refractivity contribution in [3.8, 4) is 17.2 Å². The Bertz CT molecular complexity index is 2000. The van der Waals surface area contributed by atoms with E-state index in [1.807, 2.05) is 30.3 Å². The topological polar surface area (TPSA) is 208 Å². The van der Waals surface area contributed by atoms with Gasteiger partial charge in [0.1, 0.15) is 25.1 Å². The number of aromatic nitrogens is 1. The van der Waals surface area contributed by atoms with Crippen molar-refractivity contribution < 1.29 is 71.7 Å². The second-order valence-corrected chi connectivity index (χ2v) is 12.3. The molecule has 17 nitrogen and oxygen atoms in total. The predicted octanol–water partition coefficient (Wildman–Crippen LogP) is 3.28. The summed E-state index contributed by atoms with van der Waals surface area (Å²) in [5.74, 6) is -2.48. The van der Waals surface area contributed by atoms with Gasteiger partial charge in [-0.05, 0) is 30.3 Å². The molecule has 0 saturated carbocycles. The highest BCUT2D eigenvalue weighted by molar-refractivity contribution is 6.10. The molecule has 0 radical (unpaired) electrons. The average Bonchev–Trinajstić information content (AvgIpc) is 3.54. The number of carbonyl (C=O) groups excluding carboxylic acids is 5. The van der Waals surface area contributed by atoms with Crippen LogP contribution in [-0.4, -0.2) is 122 Å². The minimum absolute atomic E-state index is 0.119. The largest absolute Gasteiger partial charge is 0.493 e. The second kappa shape index (κ2) is 18.3. The van der Waals surface area contributed by atoms with Crippen LogP contribution in [0, 0.1) is 0 Å². The molecule has 1 saturated heterocycles. The van der Waals surface area contributed by atoms with E-state index in [2.05, 4.69) is 4.98 Å². The number of aliphatic hydroxyl groups excluding tert-OH is 1. The van der Waals surface area contributed by atoms with E-state index in [9.17, 15) is 29.1 Å². The zero-order valence-electron chi connectivity index (χ0n) is 30.8. The highest BCUT2D eigenvalue weighted by Gasteiger charge is 2.56. The maximum Gasteiger partial charge on any atom is 0.412 e. The fourth-order valence-electron chi connectivity index (χ4n) is 6.09. The number of rotatable bonds is 15. The molecule has 294 valence electrons. The third-order valence-electron chi connectivity index (χ3n) is 8.35. The molecular formula is C38H42N2O15. The Labute approximate surface area is 315 Å². The molecule has 3 aromatic carbocycles. The molecule has 55 heavy (non-hydrogen) atoms. The number of nitrogens with zero attached hydrogens (tertiary/aromatic N) is 1. The Balaban J connectivity index is 1.39. The Kier molecular flexibility index (Phi) is 13.4. The molecule has 5 rings (SSSR count). The SMILES string of the molecule is COC(=O)[C@H]1O[C@@H](OC(=O)N(CCOc2ccccc2OC)CC(O)COc2cccc3[nH]c4ccccc4c23)[C@H](OC(C)=O)[C@@H](OC(C)=O)[C@@H]1OC(C)=O. The van der Waals surface area contributed by atoms with Gasteiger partial charge in [0.05, 0.1) is 32.8 Å². The summed E-state index contributed by atoms with van der Waals surface area (Å²) in [5, 5.41) is 13.0. The monoisotopic (exact) mass is 766 g/mol. The number of hydrogen-bond donors (Lipinski definition) is 2. The predicted molar refractivity (Wildman–Crippen MR) is 191 cm³/mol. The van der Waals surface area contributed by atoms with Crippen molar-refractivity contribution in [2.75, 3.05) is 40.5 Å². The molecule has 17 heteroatoms. The Morgan fingerprint density at radius 2 is 1.36 bits per heavy atom. The van der Waals surface area contributed by atoms with E-state index in [0.29, 0.717) is 17.2 Å². The molecule has 4 aromatic rings. The summed E-state index contributed by atoms with van der Waals surface area (Å²) in [5.41, 5.74) is 1.73. The van der Waals surface area contributed by atoms with Crippen molar-refractivity contribution in [2.24, 2.45) is 0 Å². The zero-order valence-corrected chi connectivity index (χ0v) is 30.8. The van der Waals surface area contributed by atoms with E-state index < -0.39 is 66.8 Å². The number of esters is 4. The van der Waals surface area contributed by atoms with Crippen LogP contribution in [0.4, 0.5) is 4.79 Å². The van der Waals surface area contributed by atoms with Crippen molar-refractivity contribution in [1.29, 1.82) is 0 Å². The van der Waals surface area contributed by atoms with Crippen LogP contribution in [-0.2, 0) is 47.6 Å². The smallest absolute Gasteiger partial charge is 0.412 e. The summed E-state index contributed by atoms with van der Waals surface area (Å²) < 4.78 is 49.5. The van der Waals surface area contributed by atoms with Crippen LogP contribution in [0.1, 0.15) is 20.8 Å². The molecule has 1 aromatic heterocycles. The summed E-state index contributed by atoms with van der Waals surface area (Å²) in [6, 6.07) is 20.0. The van der Waals surface area contributed by atoms with Gasteiger partial charge >= 0.3 is 30.0 Å². The quantitative estimate of drug-likeness (QED) is 0.132. The molecule has 0 spiro atoms. The maximum atomic E-state index is 14.0. The van der Waals surface area contributed by atoms with Crippen LogP contribution >= 0.6 is 0 Å². The molecule has 1 amide bonds. The Morgan fingerprint density at radius 3 is 2.05 bits per heavy atom. The molecule has 1 aliphatic rings. The highest BCUT2D eigenvalue weighted by Crippen LogP contribution is 2.34. The lowest BCUT2D eigenvalue weighted by Crippen LogP contribution is -2.64. The number of para-hydroxylation sites is 3. The fraction of sp³-hybridized carbons (Fsp3) is 0.395. The maximum absolute atomic E-state index is 14.0. The van der Waals surface area contributed by atoms with Gasteiger partial charge in [-0.15, -0.1) is 0 Å². The molecule has 1 fully saturated rings. The van der Waals surface area contributed by atoms with Crippen LogP contribution < -0.4 is 14.2 Å². The van der Waals surface area contributed by atoms with Crippen molar-refractivity contribution in [3.63, 3.8) is 0 Å². The first-order chi connectivity index (χ1) is 26.4. The summed E-state index contributed by atoms with van der Waals surface area (Å²) >= 11 is 0. The molecule has 2 heterocycles. The minimum Gasteiger partial charge on any atom is -0.493 e. The van der Waals surface area contributed by atoms with Crippen molar-refractivity contribution in [3.05, 3.63) is 66.7 Å².